The predicted molar refractivity (Wildman–Crippen MR) is 78.2 cm³/mol. The molecule has 2 aromatic rings. The highest BCUT2D eigenvalue weighted by molar-refractivity contribution is 7.98. The molecule has 0 unspecified atom stereocenters. The summed E-state index contributed by atoms with van der Waals surface area (Å²) in [6.45, 7) is 0. The third-order valence-corrected chi connectivity index (χ3v) is 5.43. The molecule has 0 aliphatic heterocycles. The van der Waals surface area contributed by atoms with Crippen LogP contribution in [-0.4, -0.2) is 30.7 Å². The van der Waals surface area contributed by atoms with E-state index in [1.165, 1.54) is 11.8 Å². The maximum absolute atomic E-state index is 11.3. The van der Waals surface area contributed by atoms with Crippen LogP contribution in [0.3, 0.4) is 0 Å². The van der Waals surface area contributed by atoms with Crippen molar-refractivity contribution >= 4 is 38.9 Å². The number of hydrogen-bond acceptors (Lipinski definition) is 6. The number of rotatable bonds is 5. The van der Waals surface area contributed by atoms with Crippen molar-refractivity contribution in [3.8, 4) is 0 Å². The Balaban J connectivity index is 2.02. The third kappa shape index (κ3) is 3.81. The first-order valence-corrected chi connectivity index (χ1v) is 9.22. The molecule has 0 amide bonds. The van der Waals surface area contributed by atoms with Gasteiger partial charge in [0.2, 0.25) is 5.01 Å². The fourth-order valence-corrected chi connectivity index (χ4v) is 3.59. The van der Waals surface area contributed by atoms with E-state index in [0.717, 1.165) is 22.5 Å². The fraction of sp³-hybridized carbons (Fsp3) is 0.167. The summed E-state index contributed by atoms with van der Waals surface area (Å²) in [5.41, 5.74) is 0.699. The monoisotopic (exact) mass is 329 g/mol. The molecule has 1 heterocycles. The average Bonchev–Trinajstić information content (AvgIpc) is 2.85. The van der Waals surface area contributed by atoms with E-state index in [4.69, 9.17) is 5.11 Å². The average molecular weight is 329 g/mol. The Hall–Kier alpha value is -1.38. The number of hydrogen-bond donors (Lipinski definition) is 1. The zero-order chi connectivity index (χ0) is 14.8. The van der Waals surface area contributed by atoms with Gasteiger partial charge < -0.3 is 5.11 Å². The van der Waals surface area contributed by atoms with Crippen molar-refractivity contribution in [2.75, 3.05) is 6.26 Å². The van der Waals surface area contributed by atoms with Crippen LogP contribution in [0.4, 0.5) is 0 Å². The van der Waals surface area contributed by atoms with Gasteiger partial charge in [0, 0.05) is 22.3 Å². The topological polar surface area (TPSA) is 84.3 Å². The summed E-state index contributed by atoms with van der Waals surface area (Å²) in [5, 5.41) is 10.6. The number of aromatic nitrogens is 1. The Morgan fingerprint density at radius 1 is 1.35 bits per heavy atom. The standard InChI is InChI=1S/C12H11NO4S3/c1-20(16,17)10-4-2-9(3-5-10)18-6-8-7-19-11(13-8)12(14)15/h2-5,7H,6H2,1H3,(H,14,15). The Morgan fingerprint density at radius 2 is 2.00 bits per heavy atom. The molecule has 8 heteroatoms. The third-order valence-electron chi connectivity index (χ3n) is 2.37. The van der Waals surface area contributed by atoms with Crippen LogP contribution in [0.25, 0.3) is 0 Å². The van der Waals surface area contributed by atoms with Crippen LogP contribution in [0.5, 0.6) is 0 Å². The molecule has 0 saturated carbocycles. The van der Waals surface area contributed by atoms with E-state index in [1.807, 2.05) is 0 Å². The van der Waals surface area contributed by atoms with Gasteiger partial charge in [0.15, 0.2) is 9.84 Å². The molecule has 106 valence electrons. The maximum atomic E-state index is 11.3. The minimum absolute atomic E-state index is 0.0769. The molecule has 1 aromatic carbocycles. The molecular weight excluding hydrogens is 318 g/mol. The number of carboxylic acid groups (broad SMARTS) is 1. The van der Waals surface area contributed by atoms with Crippen molar-refractivity contribution < 1.29 is 18.3 Å². The first-order valence-electron chi connectivity index (χ1n) is 5.47. The Bertz CT molecular complexity index is 719. The van der Waals surface area contributed by atoms with E-state index in [9.17, 15) is 13.2 Å². The van der Waals surface area contributed by atoms with Crippen molar-refractivity contribution in [1.29, 1.82) is 0 Å². The fourth-order valence-electron chi connectivity index (χ4n) is 1.41. The summed E-state index contributed by atoms with van der Waals surface area (Å²) < 4.78 is 22.6. The van der Waals surface area contributed by atoms with Crippen molar-refractivity contribution in [3.63, 3.8) is 0 Å². The molecule has 0 bridgehead atoms. The molecule has 2 rings (SSSR count). The van der Waals surface area contributed by atoms with Crippen LogP contribution >= 0.6 is 23.1 Å². The van der Waals surface area contributed by atoms with Gasteiger partial charge in [-0.15, -0.1) is 23.1 Å². The number of carbonyl (C=O) groups is 1. The van der Waals surface area contributed by atoms with E-state index < -0.39 is 15.8 Å². The van der Waals surface area contributed by atoms with Gasteiger partial charge in [-0.3, -0.25) is 0 Å². The summed E-state index contributed by atoms with van der Waals surface area (Å²) in [6.07, 6.45) is 1.16. The van der Waals surface area contributed by atoms with Crippen LogP contribution in [0.15, 0.2) is 39.4 Å². The van der Waals surface area contributed by atoms with Gasteiger partial charge in [-0.1, -0.05) is 0 Å². The second-order valence-corrected chi connectivity index (χ2v) is 7.90. The molecule has 0 fully saturated rings. The highest BCUT2D eigenvalue weighted by Crippen LogP contribution is 2.24. The van der Waals surface area contributed by atoms with E-state index >= 15 is 0 Å². The molecule has 1 aromatic heterocycles. The zero-order valence-corrected chi connectivity index (χ0v) is 12.9. The highest BCUT2D eigenvalue weighted by atomic mass is 32.2. The van der Waals surface area contributed by atoms with Gasteiger partial charge in [-0.25, -0.2) is 18.2 Å². The van der Waals surface area contributed by atoms with Gasteiger partial charge in [0.1, 0.15) is 0 Å². The number of thioether (sulfide) groups is 1. The number of carboxylic acids is 1. The number of thiazole rings is 1. The van der Waals surface area contributed by atoms with Crippen LogP contribution in [0.1, 0.15) is 15.5 Å². The Morgan fingerprint density at radius 3 is 2.50 bits per heavy atom. The number of aromatic carboxylic acids is 1. The summed E-state index contributed by atoms with van der Waals surface area (Å²) in [7, 11) is -3.18. The highest BCUT2D eigenvalue weighted by Gasteiger charge is 2.10. The molecule has 0 aliphatic rings. The molecule has 0 radical (unpaired) electrons. The van der Waals surface area contributed by atoms with Crippen molar-refractivity contribution in [2.24, 2.45) is 0 Å². The summed E-state index contributed by atoms with van der Waals surface area (Å²) in [4.78, 5) is 15.9. The van der Waals surface area contributed by atoms with Crippen molar-refractivity contribution in [2.45, 2.75) is 15.5 Å². The second-order valence-electron chi connectivity index (χ2n) is 3.98. The molecule has 0 aliphatic carbocycles. The second kappa shape index (κ2) is 5.94. The van der Waals surface area contributed by atoms with Crippen LogP contribution in [0.2, 0.25) is 0 Å². The minimum Gasteiger partial charge on any atom is -0.476 e. The Kier molecular flexibility index (Phi) is 4.46. The molecule has 0 saturated heterocycles. The number of benzene rings is 1. The summed E-state index contributed by atoms with van der Waals surface area (Å²) in [6, 6.07) is 6.57. The molecule has 1 N–H and O–H groups in total. The van der Waals surface area contributed by atoms with E-state index in [1.54, 1.807) is 29.6 Å². The smallest absolute Gasteiger partial charge is 0.365 e. The van der Waals surface area contributed by atoms with Crippen molar-refractivity contribution in [1.82, 2.24) is 4.98 Å². The van der Waals surface area contributed by atoms with Gasteiger partial charge in [-0.2, -0.15) is 0 Å². The Labute approximate surface area is 124 Å². The lowest BCUT2D eigenvalue weighted by Crippen LogP contribution is -1.96. The minimum atomic E-state index is -3.18. The van der Waals surface area contributed by atoms with Crippen molar-refractivity contribution in [3.05, 3.63) is 40.3 Å². The molecule has 5 nitrogen and oxygen atoms in total. The molecule has 0 atom stereocenters. The van der Waals surface area contributed by atoms with Gasteiger partial charge in [-0.05, 0) is 24.3 Å². The molecular formula is C12H11NO4S3. The maximum Gasteiger partial charge on any atom is 0.365 e. The summed E-state index contributed by atoms with van der Waals surface area (Å²) in [5.74, 6) is -0.481. The van der Waals surface area contributed by atoms with Crippen LogP contribution < -0.4 is 0 Å². The largest absolute Gasteiger partial charge is 0.476 e. The van der Waals surface area contributed by atoms with Crippen LogP contribution in [-0.2, 0) is 15.6 Å². The normalized spacial score (nSPS) is 11.4. The first kappa shape index (κ1) is 15.0. The zero-order valence-electron chi connectivity index (χ0n) is 10.4. The number of nitrogens with zero attached hydrogens (tertiary/aromatic N) is 1. The lowest BCUT2D eigenvalue weighted by Gasteiger charge is -2.01. The lowest BCUT2D eigenvalue weighted by atomic mass is 10.4. The van der Waals surface area contributed by atoms with Gasteiger partial charge in [0.25, 0.3) is 0 Å². The van der Waals surface area contributed by atoms with Crippen LogP contribution in [0, 0.1) is 0 Å². The summed E-state index contributed by atoms with van der Waals surface area (Å²) >= 11 is 2.57. The van der Waals surface area contributed by atoms with Gasteiger partial charge >= 0.3 is 5.97 Å². The SMILES string of the molecule is CS(=O)(=O)c1ccc(SCc2csc(C(=O)O)n2)cc1. The van der Waals surface area contributed by atoms with E-state index in [-0.39, 0.29) is 9.90 Å². The quantitative estimate of drug-likeness (QED) is 0.849. The molecule has 20 heavy (non-hydrogen) atoms. The first-order chi connectivity index (χ1) is 9.36. The van der Waals surface area contributed by atoms with E-state index in [0.29, 0.717) is 11.4 Å². The molecule has 0 spiro atoms. The lowest BCUT2D eigenvalue weighted by molar-refractivity contribution is 0.0696. The number of sulfone groups is 1. The predicted octanol–water partition coefficient (Wildman–Crippen LogP) is 2.54. The van der Waals surface area contributed by atoms with E-state index in [2.05, 4.69) is 4.98 Å². The van der Waals surface area contributed by atoms with Gasteiger partial charge in [0.05, 0.1) is 10.6 Å².